The fourth-order valence-corrected chi connectivity index (χ4v) is 4.19. The summed E-state index contributed by atoms with van der Waals surface area (Å²) in [6, 6.07) is 0.526. The van der Waals surface area contributed by atoms with Crippen molar-refractivity contribution in [2.24, 2.45) is 11.8 Å². The van der Waals surface area contributed by atoms with E-state index >= 15 is 0 Å². The van der Waals surface area contributed by atoms with Gasteiger partial charge in [-0.15, -0.1) is 10.2 Å². The third kappa shape index (κ3) is 2.91. The van der Waals surface area contributed by atoms with Crippen LogP contribution in [0.2, 0.25) is 0 Å². The lowest BCUT2D eigenvalue weighted by molar-refractivity contribution is 0.347. The molecule has 1 aliphatic carbocycles. The van der Waals surface area contributed by atoms with Gasteiger partial charge >= 0.3 is 0 Å². The number of hydrogen-bond acceptors (Lipinski definition) is 4. The molecule has 4 nitrogen and oxygen atoms in total. The minimum Gasteiger partial charge on any atom is -0.318 e. The molecule has 5 heteroatoms. The Hall–Kier alpha value is -0.710. The average Bonchev–Trinajstić information content (AvgIpc) is 2.82. The van der Waals surface area contributed by atoms with Gasteiger partial charge in [0.15, 0.2) is 5.82 Å². The molecule has 1 aromatic heterocycles. The standard InChI is InChI=1S/C14H24N4S/c1-10(2)12-9-19-14-16-15-13(18(14)17-12)8-11-6-4-3-5-7-11/h10-12,17H,3-9H2,1-2H3. The predicted molar refractivity (Wildman–Crippen MR) is 79.0 cm³/mol. The highest BCUT2D eigenvalue weighted by molar-refractivity contribution is 7.99. The quantitative estimate of drug-likeness (QED) is 0.924. The normalized spacial score (nSPS) is 24.3. The van der Waals surface area contributed by atoms with E-state index in [4.69, 9.17) is 0 Å². The summed E-state index contributed by atoms with van der Waals surface area (Å²) < 4.78 is 2.16. The van der Waals surface area contributed by atoms with Crippen LogP contribution in [0.15, 0.2) is 5.16 Å². The van der Waals surface area contributed by atoms with E-state index in [0.29, 0.717) is 12.0 Å². The average molecular weight is 280 g/mol. The van der Waals surface area contributed by atoms with Crippen LogP contribution in [0.1, 0.15) is 51.8 Å². The minimum absolute atomic E-state index is 0.526. The number of thioether (sulfide) groups is 1. The van der Waals surface area contributed by atoms with Crippen molar-refractivity contribution in [2.45, 2.75) is 63.6 Å². The number of nitrogens with zero attached hydrogens (tertiary/aromatic N) is 3. The molecule has 0 spiro atoms. The Labute approximate surface area is 119 Å². The van der Waals surface area contributed by atoms with Crippen LogP contribution in [-0.2, 0) is 6.42 Å². The van der Waals surface area contributed by atoms with Gasteiger partial charge in [-0.25, -0.2) is 4.68 Å². The molecule has 2 aliphatic rings. The number of fused-ring (bicyclic) bond motifs is 1. The molecule has 1 aromatic rings. The van der Waals surface area contributed by atoms with Crippen LogP contribution < -0.4 is 5.43 Å². The molecule has 106 valence electrons. The largest absolute Gasteiger partial charge is 0.318 e. The van der Waals surface area contributed by atoms with E-state index in [0.717, 1.165) is 29.1 Å². The molecule has 1 atom stereocenters. The van der Waals surface area contributed by atoms with Crippen molar-refractivity contribution in [3.8, 4) is 0 Å². The van der Waals surface area contributed by atoms with Crippen molar-refractivity contribution in [1.29, 1.82) is 0 Å². The molecule has 0 radical (unpaired) electrons. The fourth-order valence-electron chi connectivity index (χ4n) is 3.01. The Kier molecular flexibility index (Phi) is 4.01. The van der Waals surface area contributed by atoms with E-state index in [-0.39, 0.29) is 0 Å². The molecular formula is C14H24N4S. The van der Waals surface area contributed by atoms with Crippen LogP contribution in [0.5, 0.6) is 0 Å². The maximum Gasteiger partial charge on any atom is 0.210 e. The number of nitrogens with one attached hydrogen (secondary N) is 1. The third-order valence-corrected chi connectivity index (χ3v) is 5.44. The molecule has 0 saturated heterocycles. The zero-order valence-corrected chi connectivity index (χ0v) is 12.7. The van der Waals surface area contributed by atoms with Gasteiger partial charge in [-0.3, -0.25) is 0 Å². The summed E-state index contributed by atoms with van der Waals surface area (Å²) in [7, 11) is 0. The second-order valence-corrected chi connectivity index (χ2v) is 7.22. The molecule has 2 heterocycles. The Morgan fingerprint density at radius 1 is 1.26 bits per heavy atom. The maximum atomic E-state index is 4.42. The van der Waals surface area contributed by atoms with Gasteiger partial charge in [0.25, 0.3) is 0 Å². The van der Waals surface area contributed by atoms with Crippen LogP contribution in [0, 0.1) is 11.8 Å². The summed E-state index contributed by atoms with van der Waals surface area (Å²) >= 11 is 1.83. The topological polar surface area (TPSA) is 42.7 Å². The van der Waals surface area contributed by atoms with Gasteiger partial charge in [-0.1, -0.05) is 57.7 Å². The second-order valence-electron chi connectivity index (χ2n) is 6.23. The maximum absolute atomic E-state index is 4.42. The molecule has 1 unspecified atom stereocenters. The molecule has 0 amide bonds. The third-order valence-electron chi connectivity index (χ3n) is 4.39. The first-order valence-corrected chi connectivity index (χ1v) is 8.56. The molecule has 3 rings (SSSR count). The highest BCUT2D eigenvalue weighted by atomic mass is 32.2. The van der Waals surface area contributed by atoms with Crippen LogP contribution in [0.25, 0.3) is 0 Å². The van der Waals surface area contributed by atoms with Crippen LogP contribution >= 0.6 is 11.8 Å². The minimum atomic E-state index is 0.526. The Bertz CT molecular complexity index is 423. The molecule has 0 aromatic carbocycles. The van der Waals surface area contributed by atoms with Gasteiger partial charge in [0.2, 0.25) is 5.16 Å². The molecule has 1 N–H and O–H groups in total. The monoisotopic (exact) mass is 280 g/mol. The van der Waals surface area contributed by atoms with E-state index in [1.165, 1.54) is 32.1 Å². The van der Waals surface area contributed by atoms with Gasteiger partial charge in [0, 0.05) is 12.2 Å². The SMILES string of the molecule is CC(C)C1CSc2nnc(CC3CCCCC3)n2N1. The predicted octanol–water partition coefficient (Wildman–Crippen LogP) is 3.07. The first-order valence-electron chi connectivity index (χ1n) is 7.57. The molecule has 1 aliphatic heterocycles. The summed E-state index contributed by atoms with van der Waals surface area (Å²) in [6.07, 6.45) is 8.01. The zero-order valence-electron chi connectivity index (χ0n) is 11.9. The highest BCUT2D eigenvalue weighted by Gasteiger charge is 2.26. The van der Waals surface area contributed by atoms with Gasteiger partial charge in [0.05, 0.1) is 6.04 Å². The highest BCUT2D eigenvalue weighted by Crippen LogP contribution is 2.29. The van der Waals surface area contributed by atoms with Gasteiger partial charge in [-0.2, -0.15) is 0 Å². The van der Waals surface area contributed by atoms with Crippen molar-refractivity contribution in [2.75, 3.05) is 11.2 Å². The first-order chi connectivity index (χ1) is 9.24. The summed E-state index contributed by atoms with van der Waals surface area (Å²) in [5.41, 5.74) is 3.61. The molecule has 19 heavy (non-hydrogen) atoms. The van der Waals surface area contributed by atoms with E-state index in [2.05, 4.69) is 34.1 Å². The lowest BCUT2D eigenvalue weighted by Crippen LogP contribution is -2.39. The molecule has 1 saturated carbocycles. The lowest BCUT2D eigenvalue weighted by Gasteiger charge is -2.29. The summed E-state index contributed by atoms with van der Waals surface area (Å²) in [6.45, 7) is 4.54. The van der Waals surface area contributed by atoms with Crippen molar-refractivity contribution >= 4 is 11.8 Å². The number of rotatable bonds is 3. The summed E-state index contributed by atoms with van der Waals surface area (Å²) in [5, 5.41) is 9.79. The van der Waals surface area contributed by atoms with Gasteiger partial charge in [0.1, 0.15) is 0 Å². The van der Waals surface area contributed by atoms with Crippen LogP contribution in [0.4, 0.5) is 0 Å². The first kappa shape index (κ1) is 13.3. The van der Waals surface area contributed by atoms with Crippen LogP contribution in [-0.4, -0.2) is 26.7 Å². The van der Waals surface area contributed by atoms with Crippen molar-refractivity contribution in [1.82, 2.24) is 14.9 Å². The fraction of sp³-hybridized carbons (Fsp3) is 0.857. The second kappa shape index (κ2) is 5.73. The van der Waals surface area contributed by atoms with Crippen LogP contribution in [0.3, 0.4) is 0 Å². The van der Waals surface area contributed by atoms with E-state index in [9.17, 15) is 0 Å². The molecular weight excluding hydrogens is 256 g/mol. The van der Waals surface area contributed by atoms with Crippen molar-refractivity contribution in [3.63, 3.8) is 0 Å². The van der Waals surface area contributed by atoms with E-state index in [1.54, 1.807) is 0 Å². The van der Waals surface area contributed by atoms with Gasteiger partial charge < -0.3 is 5.43 Å². The van der Waals surface area contributed by atoms with E-state index < -0.39 is 0 Å². The summed E-state index contributed by atoms with van der Waals surface area (Å²) in [4.78, 5) is 0. The van der Waals surface area contributed by atoms with E-state index in [1.807, 2.05) is 11.8 Å². The smallest absolute Gasteiger partial charge is 0.210 e. The Balaban J connectivity index is 1.71. The van der Waals surface area contributed by atoms with Crippen molar-refractivity contribution < 1.29 is 0 Å². The van der Waals surface area contributed by atoms with Crippen molar-refractivity contribution in [3.05, 3.63) is 5.82 Å². The molecule has 0 bridgehead atoms. The Morgan fingerprint density at radius 3 is 2.79 bits per heavy atom. The molecule has 1 fully saturated rings. The summed E-state index contributed by atoms with van der Waals surface area (Å²) in [5.74, 6) is 3.69. The van der Waals surface area contributed by atoms with Gasteiger partial charge in [-0.05, 0) is 11.8 Å². The Morgan fingerprint density at radius 2 is 2.05 bits per heavy atom. The number of aromatic nitrogens is 3. The lowest BCUT2D eigenvalue weighted by atomic mass is 9.87. The number of hydrogen-bond donors (Lipinski definition) is 1. The zero-order chi connectivity index (χ0) is 13.2.